The lowest BCUT2D eigenvalue weighted by atomic mass is 9.99. The molecule has 1 saturated heterocycles. The molecule has 1 amide bonds. The molecule has 23 heavy (non-hydrogen) atoms. The Morgan fingerprint density at radius 1 is 1.09 bits per heavy atom. The number of para-hydroxylation sites is 1. The van der Waals surface area contributed by atoms with Crippen LogP contribution in [0.15, 0.2) is 60.7 Å². The number of likely N-dealkylation sites (tertiary alicyclic amines) is 1. The maximum Gasteiger partial charge on any atom is 0.243 e. The van der Waals surface area contributed by atoms with Gasteiger partial charge in [0.15, 0.2) is 0 Å². The highest BCUT2D eigenvalue weighted by molar-refractivity contribution is 5.96. The number of rotatable bonds is 4. The first-order valence-electron chi connectivity index (χ1n) is 8.28. The highest BCUT2D eigenvalue weighted by Gasteiger charge is 2.31. The van der Waals surface area contributed by atoms with E-state index in [9.17, 15) is 4.79 Å². The molecular formula is C20H24N2O. The highest BCUT2D eigenvalue weighted by atomic mass is 16.2. The van der Waals surface area contributed by atoms with Gasteiger partial charge in [-0.1, -0.05) is 48.5 Å². The molecule has 0 aliphatic carbocycles. The Hall–Kier alpha value is -2.13. The minimum absolute atomic E-state index is 0.0890. The van der Waals surface area contributed by atoms with Gasteiger partial charge in [-0.15, -0.1) is 0 Å². The van der Waals surface area contributed by atoms with Crippen molar-refractivity contribution in [3.05, 3.63) is 66.2 Å². The van der Waals surface area contributed by atoms with Crippen molar-refractivity contribution in [1.82, 2.24) is 4.90 Å². The van der Waals surface area contributed by atoms with Gasteiger partial charge in [0.05, 0.1) is 6.04 Å². The van der Waals surface area contributed by atoms with Crippen LogP contribution in [0.5, 0.6) is 0 Å². The third kappa shape index (κ3) is 3.45. The molecule has 1 aliphatic rings. The zero-order chi connectivity index (χ0) is 16.2. The van der Waals surface area contributed by atoms with Gasteiger partial charge in [0, 0.05) is 19.3 Å². The molecule has 0 unspecified atom stereocenters. The van der Waals surface area contributed by atoms with Gasteiger partial charge in [0.2, 0.25) is 5.91 Å². The molecule has 1 fully saturated rings. The number of carbonyl (C=O) groups excluding carboxylic acids is 1. The fraction of sp³-hybridized carbons (Fsp3) is 0.350. The summed E-state index contributed by atoms with van der Waals surface area (Å²) in [6.45, 7) is 3.96. The Balaban J connectivity index is 1.65. The second-order valence-corrected chi connectivity index (χ2v) is 6.30. The van der Waals surface area contributed by atoms with Gasteiger partial charge in [-0.3, -0.25) is 9.69 Å². The lowest BCUT2D eigenvalue weighted by Crippen LogP contribution is -2.45. The van der Waals surface area contributed by atoms with Crippen LogP contribution in [0.3, 0.4) is 0 Å². The molecule has 2 aromatic carbocycles. The first-order chi connectivity index (χ1) is 11.2. The maximum absolute atomic E-state index is 12.8. The summed E-state index contributed by atoms with van der Waals surface area (Å²) in [4.78, 5) is 16.8. The van der Waals surface area contributed by atoms with Gasteiger partial charge in [0.25, 0.3) is 0 Å². The van der Waals surface area contributed by atoms with E-state index >= 15 is 0 Å². The van der Waals surface area contributed by atoms with E-state index in [0.29, 0.717) is 5.92 Å². The number of amides is 1. The van der Waals surface area contributed by atoms with Crippen molar-refractivity contribution in [1.29, 1.82) is 0 Å². The van der Waals surface area contributed by atoms with E-state index in [1.54, 1.807) is 4.90 Å². The van der Waals surface area contributed by atoms with Crippen LogP contribution in [0.25, 0.3) is 0 Å². The van der Waals surface area contributed by atoms with E-state index < -0.39 is 0 Å². The average molecular weight is 308 g/mol. The summed E-state index contributed by atoms with van der Waals surface area (Å²) in [5, 5.41) is 0. The Kier molecular flexibility index (Phi) is 4.77. The van der Waals surface area contributed by atoms with Crippen molar-refractivity contribution < 1.29 is 4.79 Å². The first kappa shape index (κ1) is 15.8. The van der Waals surface area contributed by atoms with Crippen LogP contribution in [0.4, 0.5) is 5.69 Å². The molecule has 0 N–H and O–H groups in total. The molecule has 3 nitrogen and oxygen atoms in total. The molecule has 0 saturated carbocycles. The van der Waals surface area contributed by atoms with E-state index in [0.717, 1.165) is 25.2 Å². The maximum atomic E-state index is 12.8. The van der Waals surface area contributed by atoms with Gasteiger partial charge in [0.1, 0.15) is 0 Å². The molecule has 0 aromatic heterocycles. The number of hydrogen-bond donors (Lipinski definition) is 0. The van der Waals surface area contributed by atoms with Crippen LogP contribution in [-0.4, -0.2) is 37.0 Å². The van der Waals surface area contributed by atoms with Crippen molar-refractivity contribution in [3.8, 4) is 0 Å². The van der Waals surface area contributed by atoms with E-state index in [-0.39, 0.29) is 11.9 Å². The van der Waals surface area contributed by atoms with Crippen LogP contribution in [0.2, 0.25) is 0 Å². The largest absolute Gasteiger partial charge is 0.314 e. The fourth-order valence-electron chi connectivity index (χ4n) is 3.35. The Labute approximate surface area is 138 Å². The molecule has 120 valence electrons. The topological polar surface area (TPSA) is 23.6 Å². The van der Waals surface area contributed by atoms with Gasteiger partial charge >= 0.3 is 0 Å². The molecular weight excluding hydrogens is 284 g/mol. The van der Waals surface area contributed by atoms with Crippen molar-refractivity contribution in [2.45, 2.75) is 25.3 Å². The second kappa shape index (κ2) is 6.97. The number of anilines is 1. The Morgan fingerprint density at radius 2 is 1.70 bits per heavy atom. The van der Waals surface area contributed by atoms with Gasteiger partial charge in [-0.2, -0.15) is 0 Å². The summed E-state index contributed by atoms with van der Waals surface area (Å²) >= 11 is 0. The van der Waals surface area contributed by atoms with Gasteiger partial charge in [-0.05, 0) is 43.5 Å². The molecule has 3 heteroatoms. The van der Waals surface area contributed by atoms with E-state index in [1.165, 1.54) is 5.56 Å². The number of hydrogen-bond acceptors (Lipinski definition) is 2. The van der Waals surface area contributed by atoms with Gasteiger partial charge in [-0.25, -0.2) is 0 Å². The molecule has 3 rings (SSSR count). The predicted octanol–water partition coefficient (Wildman–Crippen LogP) is 3.53. The monoisotopic (exact) mass is 308 g/mol. The highest BCUT2D eigenvalue weighted by Crippen LogP contribution is 2.28. The molecule has 2 atom stereocenters. The Morgan fingerprint density at radius 3 is 2.35 bits per heavy atom. The number of nitrogens with zero attached hydrogens (tertiary/aromatic N) is 2. The molecule has 1 aliphatic heterocycles. The normalized spacial score (nSPS) is 19.5. The minimum Gasteiger partial charge on any atom is -0.314 e. The SMILES string of the molecule is C[C@H](C(=O)N(C)c1ccccc1)N1CC[C@@H](c2ccccc2)C1. The molecule has 0 radical (unpaired) electrons. The van der Waals surface area contributed by atoms with Crippen molar-refractivity contribution >= 4 is 11.6 Å². The fourth-order valence-corrected chi connectivity index (χ4v) is 3.35. The van der Waals surface area contributed by atoms with E-state index in [1.807, 2.05) is 44.3 Å². The zero-order valence-electron chi connectivity index (χ0n) is 13.9. The smallest absolute Gasteiger partial charge is 0.243 e. The third-order valence-electron chi connectivity index (χ3n) is 4.87. The molecule has 1 heterocycles. The number of carbonyl (C=O) groups is 1. The zero-order valence-corrected chi connectivity index (χ0v) is 13.9. The van der Waals surface area contributed by atoms with Crippen LogP contribution in [-0.2, 0) is 4.79 Å². The summed E-state index contributed by atoms with van der Waals surface area (Å²) in [5.74, 6) is 0.693. The van der Waals surface area contributed by atoms with Crippen molar-refractivity contribution in [2.75, 3.05) is 25.0 Å². The summed E-state index contributed by atoms with van der Waals surface area (Å²) < 4.78 is 0. The van der Waals surface area contributed by atoms with Crippen LogP contribution < -0.4 is 4.90 Å². The second-order valence-electron chi connectivity index (χ2n) is 6.30. The summed E-state index contributed by atoms with van der Waals surface area (Å²) in [5.41, 5.74) is 2.33. The van der Waals surface area contributed by atoms with Crippen LogP contribution in [0.1, 0.15) is 24.8 Å². The summed E-state index contributed by atoms with van der Waals surface area (Å²) in [6.07, 6.45) is 1.12. The third-order valence-corrected chi connectivity index (χ3v) is 4.87. The van der Waals surface area contributed by atoms with Gasteiger partial charge < -0.3 is 4.90 Å². The first-order valence-corrected chi connectivity index (χ1v) is 8.28. The van der Waals surface area contributed by atoms with E-state index in [4.69, 9.17) is 0 Å². The van der Waals surface area contributed by atoms with E-state index in [2.05, 4.69) is 35.2 Å². The van der Waals surface area contributed by atoms with Crippen molar-refractivity contribution in [2.24, 2.45) is 0 Å². The van der Waals surface area contributed by atoms with Crippen LogP contribution >= 0.6 is 0 Å². The average Bonchev–Trinajstić information content (AvgIpc) is 3.11. The lowest BCUT2D eigenvalue weighted by molar-refractivity contribution is -0.122. The van der Waals surface area contributed by atoms with Crippen molar-refractivity contribution in [3.63, 3.8) is 0 Å². The molecule has 0 bridgehead atoms. The van der Waals surface area contributed by atoms with Crippen LogP contribution in [0, 0.1) is 0 Å². The predicted molar refractivity (Wildman–Crippen MR) is 94.7 cm³/mol. The summed E-state index contributed by atoms with van der Waals surface area (Å²) in [6, 6.07) is 20.4. The lowest BCUT2D eigenvalue weighted by Gasteiger charge is -2.28. The number of likely N-dealkylation sites (N-methyl/N-ethyl adjacent to an activating group) is 1. The quantitative estimate of drug-likeness (QED) is 0.862. The molecule has 0 spiro atoms. The number of benzene rings is 2. The summed E-state index contributed by atoms with van der Waals surface area (Å²) in [7, 11) is 1.86. The Bertz CT molecular complexity index is 641. The minimum atomic E-state index is -0.0890. The molecule has 2 aromatic rings. The standard InChI is InChI=1S/C20H24N2O/c1-16(20(23)21(2)19-11-7-4-8-12-19)22-14-13-18(15-22)17-9-5-3-6-10-17/h3-12,16,18H,13-15H2,1-2H3/t16-,18-/m1/s1.